The van der Waals surface area contributed by atoms with Crippen molar-refractivity contribution in [1.29, 1.82) is 0 Å². The molecule has 2 heterocycles. The molecule has 1 aliphatic heterocycles. The molecule has 2 fully saturated rings. The Morgan fingerprint density at radius 2 is 1.84 bits per heavy atom. The number of aliphatic carboxylic acids is 1. The number of benzene rings is 1. The smallest absolute Gasteiger partial charge is 0.410 e. The Kier molecular flexibility index (Phi) is 6.81. The molecule has 0 unspecified atom stereocenters. The maximum atomic E-state index is 12.6. The molecule has 1 aromatic carbocycles. The molecule has 1 saturated carbocycles. The van der Waals surface area contributed by atoms with Crippen LogP contribution in [0.1, 0.15) is 43.2 Å². The van der Waals surface area contributed by atoms with E-state index in [-0.39, 0.29) is 24.7 Å². The fraction of sp³-hybridized carbons (Fsp3) is 0.458. The number of ether oxygens (including phenoxy) is 2. The van der Waals surface area contributed by atoms with Gasteiger partial charge in [0.2, 0.25) is 0 Å². The Morgan fingerprint density at radius 3 is 2.53 bits per heavy atom. The average Bonchev–Trinajstić information content (AvgIpc) is 3.22. The van der Waals surface area contributed by atoms with Gasteiger partial charge in [-0.15, -0.1) is 0 Å². The van der Waals surface area contributed by atoms with Gasteiger partial charge >= 0.3 is 12.1 Å². The molecule has 2 aliphatic rings. The molecule has 1 amide bonds. The Balaban J connectivity index is 1.40. The summed E-state index contributed by atoms with van der Waals surface area (Å²) in [4.78, 5) is 29.8. The lowest BCUT2D eigenvalue weighted by Gasteiger charge is -2.45. The van der Waals surface area contributed by atoms with Crippen LogP contribution in [0.15, 0.2) is 53.3 Å². The molecule has 2 aromatic rings. The Bertz CT molecular complexity index is 960. The van der Waals surface area contributed by atoms with E-state index in [1.54, 1.807) is 17.3 Å². The van der Waals surface area contributed by atoms with E-state index in [1.165, 1.54) is 0 Å². The van der Waals surface area contributed by atoms with Crippen molar-refractivity contribution in [2.24, 2.45) is 5.41 Å². The van der Waals surface area contributed by atoms with Crippen LogP contribution in [-0.2, 0) is 26.5 Å². The summed E-state index contributed by atoms with van der Waals surface area (Å²) >= 11 is 3.55. The predicted molar refractivity (Wildman–Crippen MR) is 121 cm³/mol. The number of hydrogen-bond donors (Lipinski definition) is 1. The summed E-state index contributed by atoms with van der Waals surface area (Å²) in [5.41, 5.74) is 1.24. The summed E-state index contributed by atoms with van der Waals surface area (Å²) in [7, 11) is 0. The van der Waals surface area contributed by atoms with Gasteiger partial charge in [-0.2, -0.15) is 0 Å². The van der Waals surface area contributed by atoms with E-state index in [0.29, 0.717) is 25.9 Å². The molecule has 170 valence electrons. The summed E-state index contributed by atoms with van der Waals surface area (Å²) in [5, 5.41) is 9.20. The van der Waals surface area contributed by atoms with Crippen LogP contribution in [0.3, 0.4) is 0 Å². The largest absolute Gasteiger partial charge is 0.480 e. The molecule has 0 radical (unpaired) electrons. The number of nitrogens with zero attached hydrogens (tertiary/aromatic N) is 2. The zero-order valence-corrected chi connectivity index (χ0v) is 19.4. The fourth-order valence-electron chi connectivity index (χ4n) is 4.93. The van der Waals surface area contributed by atoms with Gasteiger partial charge in [-0.05, 0) is 65.1 Å². The van der Waals surface area contributed by atoms with E-state index >= 15 is 0 Å². The van der Waals surface area contributed by atoms with E-state index in [0.717, 1.165) is 34.9 Å². The Hall–Kier alpha value is -2.45. The molecule has 1 saturated heterocycles. The zero-order chi connectivity index (χ0) is 22.6. The first-order valence-electron chi connectivity index (χ1n) is 10.8. The highest BCUT2D eigenvalue weighted by Crippen LogP contribution is 2.52. The predicted octanol–water partition coefficient (Wildman–Crippen LogP) is 4.74. The number of carboxylic acid groups (broad SMARTS) is 1. The molecule has 7 nitrogen and oxygen atoms in total. The first-order valence-corrected chi connectivity index (χ1v) is 11.6. The maximum Gasteiger partial charge on any atom is 0.410 e. The first-order chi connectivity index (χ1) is 15.4. The summed E-state index contributed by atoms with van der Waals surface area (Å²) in [6.45, 7) is 1.26. The number of carbonyl (C=O) groups is 2. The molecule has 1 N–H and O–H groups in total. The van der Waals surface area contributed by atoms with Crippen LogP contribution in [0.2, 0.25) is 0 Å². The normalized spacial score (nSPS) is 25.1. The number of pyridine rings is 1. The second kappa shape index (κ2) is 9.58. The number of halogens is 1. The van der Waals surface area contributed by atoms with Gasteiger partial charge in [0.05, 0.1) is 5.60 Å². The van der Waals surface area contributed by atoms with Gasteiger partial charge in [0.25, 0.3) is 0 Å². The fourth-order valence-corrected chi connectivity index (χ4v) is 5.54. The van der Waals surface area contributed by atoms with E-state index in [4.69, 9.17) is 9.47 Å². The molecule has 0 bridgehead atoms. The minimum absolute atomic E-state index is 0.0152. The van der Waals surface area contributed by atoms with Crippen molar-refractivity contribution < 1.29 is 24.2 Å². The van der Waals surface area contributed by atoms with Crippen molar-refractivity contribution in [2.75, 3.05) is 19.7 Å². The summed E-state index contributed by atoms with van der Waals surface area (Å²) < 4.78 is 12.3. The lowest BCUT2D eigenvalue weighted by Crippen LogP contribution is -2.42. The number of carbonyl (C=O) groups excluding carboxylic acids is 1. The number of hydrogen-bond acceptors (Lipinski definition) is 5. The Morgan fingerprint density at radius 1 is 1.09 bits per heavy atom. The first kappa shape index (κ1) is 22.7. The lowest BCUT2D eigenvalue weighted by molar-refractivity contribution is -0.156. The molecular weight excluding hydrogens is 476 g/mol. The van der Waals surface area contributed by atoms with Crippen molar-refractivity contribution in [3.05, 3.63) is 64.4 Å². The SMILES string of the molecule is O=C(O)COC1(c2ccncc2Br)CCC2(CCN(C(=O)OCc3ccccc3)C2)CC1. The van der Waals surface area contributed by atoms with E-state index in [1.807, 2.05) is 36.4 Å². The second-order valence-electron chi connectivity index (χ2n) is 8.74. The van der Waals surface area contributed by atoms with Gasteiger partial charge in [0, 0.05) is 35.5 Å². The average molecular weight is 503 g/mol. The Labute approximate surface area is 195 Å². The molecular formula is C24H27BrN2O5. The number of likely N-dealkylation sites (tertiary alicyclic amines) is 1. The van der Waals surface area contributed by atoms with Gasteiger partial charge in [-0.25, -0.2) is 9.59 Å². The highest BCUT2D eigenvalue weighted by molar-refractivity contribution is 9.10. The van der Waals surface area contributed by atoms with Gasteiger partial charge in [0.1, 0.15) is 13.2 Å². The highest BCUT2D eigenvalue weighted by Gasteiger charge is 2.49. The molecule has 4 rings (SSSR count). The van der Waals surface area contributed by atoms with Crippen LogP contribution in [0.4, 0.5) is 4.79 Å². The summed E-state index contributed by atoms with van der Waals surface area (Å²) in [6, 6.07) is 11.6. The summed E-state index contributed by atoms with van der Waals surface area (Å²) in [6.07, 6.45) is 7.14. The highest BCUT2D eigenvalue weighted by atomic mass is 79.9. The van der Waals surface area contributed by atoms with Gasteiger partial charge in [-0.3, -0.25) is 4.98 Å². The second-order valence-corrected chi connectivity index (χ2v) is 9.60. The van der Waals surface area contributed by atoms with Crippen LogP contribution >= 0.6 is 15.9 Å². The topological polar surface area (TPSA) is 89.0 Å². The monoisotopic (exact) mass is 502 g/mol. The van der Waals surface area contributed by atoms with Gasteiger partial charge < -0.3 is 19.5 Å². The quantitative estimate of drug-likeness (QED) is 0.613. The van der Waals surface area contributed by atoms with E-state index < -0.39 is 11.6 Å². The number of amides is 1. The molecule has 8 heteroatoms. The van der Waals surface area contributed by atoms with Crippen molar-refractivity contribution >= 4 is 28.0 Å². The van der Waals surface area contributed by atoms with Crippen LogP contribution in [0.25, 0.3) is 0 Å². The molecule has 1 spiro atoms. The van der Waals surface area contributed by atoms with Crippen molar-refractivity contribution in [3.63, 3.8) is 0 Å². The van der Waals surface area contributed by atoms with Crippen molar-refractivity contribution in [1.82, 2.24) is 9.88 Å². The maximum absolute atomic E-state index is 12.6. The standard InChI is InChI=1S/C24H27BrN2O5/c25-20-14-26-12-6-19(20)24(32-16-21(28)29)9-7-23(8-10-24)11-13-27(17-23)22(30)31-15-18-4-2-1-3-5-18/h1-6,12,14H,7-11,13,15-17H2,(H,28,29). The van der Waals surface area contributed by atoms with Crippen molar-refractivity contribution in [3.8, 4) is 0 Å². The third-order valence-corrected chi connectivity index (χ3v) is 7.39. The number of aromatic nitrogens is 1. The van der Waals surface area contributed by atoms with Crippen LogP contribution in [0, 0.1) is 5.41 Å². The van der Waals surface area contributed by atoms with Crippen LogP contribution in [0.5, 0.6) is 0 Å². The lowest BCUT2D eigenvalue weighted by atomic mass is 9.66. The molecule has 0 atom stereocenters. The third-order valence-electron chi connectivity index (χ3n) is 6.76. The minimum Gasteiger partial charge on any atom is -0.480 e. The minimum atomic E-state index is -0.983. The molecule has 1 aromatic heterocycles. The van der Waals surface area contributed by atoms with Crippen molar-refractivity contribution in [2.45, 2.75) is 44.3 Å². The van der Waals surface area contributed by atoms with E-state index in [2.05, 4.69) is 20.9 Å². The summed E-state index contributed by atoms with van der Waals surface area (Å²) in [5.74, 6) is -0.983. The van der Waals surface area contributed by atoms with E-state index in [9.17, 15) is 14.7 Å². The number of carboxylic acids is 1. The van der Waals surface area contributed by atoms with Gasteiger partial charge in [-0.1, -0.05) is 30.3 Å². The molecule has 32 heavy (non-hydrogen) atoms. The van der Waals surface area contributed by atoms with Gasteiger partial charge in [0.15, 0.2) is 0 Å². The molecule has 1 aliphatic carbocycles. The third kappa shape index (κ3) is 4.96. The van der Waals surface area contributed by atoms with Crippen LogP contribution < -0.4 is 0 Å². The number of rotatable bonds is 6. The van der Waals surface area contributed by atoms with Crippen LogP contribution in [-0.4, -0.2) is 46.7 Å². The zero-order valence-electron chi connectivity index (χ0n) is 17.8.